The minimum atomic E-state index is 0.492. The largest absolute Gasteiger partial charge is 0.372 e. The van der Waals surface area contributed by atoms with Crippen molar-refractivity contribution in [3.05, 3.63) is 18.6 Å². The molecule has 0 bridgehead atoms. The van der Waals surface area contributed by atoms with Crippen molar-refractivity contribution in [2.24, 2.45) is 11.8 Å². The Hall–Kier alpha value is -1.78. The van der Waals surface area contributed by atoms with Gasteiger partial charge >= 0.3 is 0 Å². The van der Waals surface area contributed by atoms with Crippen LogP contribution in [-0.2, 0) is 0 Å². The highest BCUT2D eigenvalue weighted by Crippen LogP contribution is 2.32. The highest BCUT2D eigenvalue weighted by atomic mass is 15.3. The van der Waals surface area contributed by atoms with Crippen LogP contribution in [0.25, 0.3) is 5.65 Å². The molecule has 1 aliphatic heterocycles. The van der Waals surface area contributed by atoms with Crippen molar-refractivity contribution in [2.75, 3.05) is 23.8 Å². The van der Waals surface area contributed by atoms with E-state index in [0.29, 0.717) is 17.9 Å². The second-order valence-electron chi connectivity index (χ2n) is 6.07. The smallest absolute Gasteiger partial charge is 0.180 e. The van der Waals surface area contributed by atoms with Crippen LogP contribution in [0.2, 0.25) is 0 Å². The molecule has 1 N–H and O–H groups in total. The summed E-state index contributed by atoms with van der Waals surface area (Å²) in [5.74, 6) is 3.24. The first-order valence-corrected chi connectivity index (χ1v) is 7.38. The minimum Gasteiger partial charge on any atom is -0.372 e. The fourth-order valence-corrected chi connectivity index (χ4v) is 3.22. The van der Waals surface area contributed by atoms with Gasteiger partial charge in [-0.25, -0.2) is 9.97 Å². The van der Waals surface area contributed by atoms with Crippen LogP contribution in [0.5, 0.6) is 0 Å². The average molecular weight is 273 g/mol. The van der Waals surface area contributed by atoms with Crippen LogP contribution >= 0.6 is 0 Å². The minimum absolute atomic E-state index is 0.492. The SMILES string of the molecule is CNc1cn2ccnc2c(N2CC(C)CC(C)C2C)n1. The summed E-state index contributed by atoms with van der Waals surface area (Å²) in [6.07, 6.45) is 7.08. The van der Waals surface area contributed by atoms with Crippen LogP contribution in [0, 0.1) is 11.8 Å². The molecule has 2 aromatic heterocycles. The summed E-state index contributed by atoms with van der Waals surface area (Å²) in [7, 11) is 1.90. The molecule has 1 saturated heterocycles. The summed E-state index contributed by atoms with van der Waals surface area (Å²) in [6, 6.07) is 0.492. The maximum absolute atomic E-state index is 4.77. The van der Waals surface area contributed by atoms with E-state index in [1.807, 2.05) is 30.0 Å². The van der Waals surface area contributed by atoms with Crippen molar-refractivity contribution >= 4 is 17.3 Å². The standard InChI is InChI=1S/C15H23N5/c1-10-7-11(2)12(3)20(8-10)15-14-17-5-6-19(14)9-13(16-4)18-15/h5-6,9-12,16H,7-8H2,1-4H3. The number of piperidine rings is 1. The molecule has 0 radical (unpaired) electrons. The predicted octanol–water partition coefficient (Wildman–Crippen LogP) is 2.64. The molecule has 5 heteroatoms. The average Bonchev–Trinajstić information content (AvgIpc) is 2.90. The van der Waals surface area contributed by atoms with Crippen molar-refractivity contribution in [1.82, 2.24) is 14.4 Å². The van der Waals surface area contributed by atoms with E-state index in [1.54, 1.807) is 0 Å². The lowest BCUT2D eigenvalue weighted by Gasteiger charge is -2.41. The fourth-order valence-electron chi connectivity index (χ4n) is 3.22. The number of aromatic nitrogens is 3. The third-order valence-corrected chi connectivity index (χ3v) is 4.48. The van der Waals surface area contributed by atoms with Crippen LogP contribution in [0.4, 0.5) is 11.6 Å². The Kier molecular flexibility index (Phi) is 3.28. The number of nitrogens with one attached hydrogen (secondary N) is 1. The van der Waals surface area contributed by atoms with Crippen LogP contribution in [0.1, 0.15) is 27.2 Å². The Morgan fingerprint density at radius 1 is 1.30 bits per heavy atom. The molecule has 3 atom stereocenters. The van der Waals surface area contributed by atoms with E-state index < -0.39 is 0 Å². The molecule has 2 aromatic rings. The van der Waals surface area contributed by atoms with Crippen LogP contribution < -0.4 is 10.2 Å². The highest BCUT2D eigenvalue weighted by molar-refractivity contribution is 5.67. The number of imidazole rings is 1. The Labute approximate surface area is 120 Å². The van der Waals surface area contributed by atoms with Crippen molar-refractivity contribution in [1.29, 1.82) is 0 Å². The molecule has 0 aromatic carbocycles. The molecule has 3 heterocycles. The first-order chi connectivity index (χ1) is 9.60. The topological polar surface area (TPSA) is 45.5 Å². The van der Waals surface area contributed by atoms with Gasteiger partial charge in [-0.3, -0.25) is 0 Å². The van der Waals surface area contributed by atoms with Gasteiger partial charge in [0.2, 0.25) is 0 Å². The first kappa shape index (κ1) is 13.2. The zero-order chi connectivity index (χ0) is 14.3. The summed E-state index contributed by atoms with van der Waals surface area (Å²) in [5.41, 5.74) is 0.942. The molecule has 5 nitrogen and oxygen atoms in total. The fraction of sp³-hybridized carbons (Fsp3) is 0.600. The van der Waals surface area contributed by atoms with Gasteiger partial charge in [-0.15, -0.1) is 0 Å². The highest BCUT2D eigenvalue weighted by Gasteiger charge is 2.31. The molecule has 3 rings (SSSR count). The van der Waals surface area contributed by atoms with E-state index in [4.69, 9.17) is 4.98 Å². The second kappa shape index (κ2) is 4.96. The quantitative estimate of drug-likeness (QED) is 0.913. The van der Waals surface area contributed by atoms with E-state index in [9.17, 15) is 0 Å². The van der Waals surface area contributed by atoms with Gasteiger partial charge in [-0.2, -0.15) is 0 Å². The molecule has 0 aliphatic carbocycles. The van der Waals surface area contributed by atoms with Gasteiger partial charge in [0.1, 0.15) is 5.82 Å². The third kappa shape index (κ3) is 2.11. The predicted molar refractivity (Wildman–Crippen MR) is 82.3 cm³/mol. The molecule has 0 spiro atoms. The second-order valence-corrected chi connectivity index (χ2v) is 6.07. The number of rotatable bonds is 2. The summed E-state index contributed by atoms with van der Waals surface area (Å²) < 4.78 is 2.05. The van der Waals surface area contributed by atoms with Crippen molar-refractivity contribution < 1.29 is 0 Å². The van der Waals surface area contributed by atoms with E-state index in [2.05, 4.69) is 36.0 Å². The first-order valence-electron chi connectivity index (χ1n) is 7.38. The Morgan fingerprint density at radius 3 is 2.85 bits per heavy atom. The van der Waals surface area contributed by atoms with Crippen molar-refractivity contribution in [2.45, 2.75) is 33.2 Å². The zero-order valence-electron chi connectivity index (χ0n) is 12.7. The van der Waals surface area contributed by atoms with Crippen LogP contribution in [-0.4, -0.2) is 34.0 Å². The Balaban J connectivity index is 2.09. The van der Waals surface area contributed by atoms with Gasteiger partial charge in [-0.05, 0) is 25.2 Å². The van der Waals surface area contributed by atoms with Gasteiger partial charge < -0.3 is 14.6 Å². The van der Waals surface area contributed by atoms with E-state index in [-0.39, 0.29) is 0 Å². The normalized spacial score (nSPS) is 27.0. The maximum atomic E-state index is 4.77. The maximum Gasteiger partial charge on any atom is 0.180 e. The van der Waals surface area contributed by atoms with Gasteiger partial charge in [0.25, 0.3) is 0 Å². The van der Waals surface area contributed by atoms with Gasteiger partial charge in [0.05, 0.1) is 6.20 Å². The summed E-state index contributed by atoms with van der Waals surface area (Å²) in [6.45, 7) is 8.00. The van der Waals surface area contributed by atoms with Crippen molar-refractivity contribution in [3.63, 3.8) is 0 Å². The number of nitrogens with zero attached hydrogens (tertiary/aromatic N) is 4. The molecule has 108 valence electrons. The molecular weight excluding hydrogens is 250 g/mol. The molecule has 0 saturated carbocycles. The zero-order valence-corrected chi connectivity index (χ0v) is 12.7. The summed E-state index contributed by atoms with van der Waals surface area (Å²) in [4.78, 5) is 11.7. The lowest BCUT2D eigenvalue weighted by Crippen LogP contribution is -2.46. The molecule has 1 fully saturated rings. The van der Waals surface area contributed by atoms with E-state index in [0.717, 1.165) is 23.8 Å². The van der Waals surface area contributed by atoms with Crippen LogP contribution in [0.3, 0.4) is 0 Å². The number of fused-ring (bicyclic) bond motifs is 1. The van der Waals surface area contributed by atoms with Gasteiger partial charge in [-0.1, -0.05) is 13.8 Å². The number of anilines is 2. The molecule has 0 amide bonds. The Morgan fingerprint density at radius 2 is 2.10 bits per heavy atom. The number of hydrogen-bond acceptors (Lipinski definition) is 4. The Bertz CT molecular complexity index is 605. The van der Waals surface area contributed by atoms with Gasteiger partial charge in [0, 0.05) is 32.0 Å². The lowest BCUT2D eigenvalue weighted by atomic mass is 9.86. The van der Waals surface area contributed by atoms with Crippen LogP contribution in [0.15, 0.2) is 18.6 Å². The third-order valence-electron chi connectivity index (χ3n) is 4.48. The van der Waals surface area contributed by atoms with Crippen molar-refractivity contribution in [3.8, 4) is 0 Å². The molecular formula is C15H23N5. The lowest BCUT2D eigenvalue weighted by molar-refractivity contribution is 0.296. The summed E-state index contributed by atoms with van der Waals surface area (Å²) >= 11 is 0. The number of hydrogen-bond donors (Lipinski definition) is 1. The van der Waals surface area contributed by atoms with E-state index in [1.165, 1.54) is 6.42 Å². The summed E-state index contributed by atoms with van der Waals surface area (Å²) in [5, 5.41) is 3.14. The van der Waals surface area contributed by atoms with E-state index >= 15 is 0 Å². The molecule has 1 aliphatic rings. The monoisotopic (exact) mass is 273 g/mol. The van der Waals surface area contributed by atoms with Gasteiger partial charge in [0.15, 0.2) is 11.5 Å². The molecule has 3 unspecified atom stereocenters. The molecule has 20 heavy (non-hydrogen) atoms.